The van der Waals surface area contributed by atoms with Gasteiger partial charge in [0.05, 0.1) is 7.11 Å². The molecule has 0 unspecified atom stereocenters. The third-order valence-electron chi connectivity index (χ3n) is 1.96. The highest BCUT2D eigenvalue weighted by molar-refractivity contribution is 5.64. The smallest absolute Gasteiger partial charge is 0.204 e. The molecule has 0 aromatic carbocycles. The Bertz CT molecular complexity index is 314. The Morgan fingerprint density at radius 1 is 1.40 bits per heavy atom. The molecule has 0 fully saturated rings. The number of aromatic nitrogens is 2. The number of nitrogens with zero attached hydrogens (tertiary/aromatic N) is 3. The van der Waals surface area contributed by atoms with Crippen molar-refractivity contribution in [3.63, 3.8) is 0 Å². The minimum absolute atomic E-state index is 0.691. The van der Waals surface area contributed by atoms with E-state index in [2.05, 4.69) is 22.2 Å². The maximum atomic E-state index is 5.31. The Balaban J connectivity index is 2.99. The summed E-state index contributed by atoms with van der Waals surface area (Å²) in [7, 11) is 5.48. The lowest BCUT2D eigenvalue weighted by Gasteiger charge is -2.17. The summed E-state index contributed by atoms with van der Waals surface area (Å²) in [5, 5.41) is 3.21. The van der Waals surface area contributed by atoms with E-state index in [0.29, 0.717) is 5.75 Å². The van der Waals surface area contributed by atoms with Gasteiger partial charge in [0.25, 0.3) is 0 Å². The molecule has 0 amide bonds. The topological polar surface area (TPSA) is 50.3 Å². The summed E-state index contributed by atoms with van der Waals surface area (Å²) in [6.07, 6.45) is 2.58. The Hall–Kier alpha value is -1.52. The van der Waals surface area contributed by atoms with Crippen LogP contribution in [0.15, 0.2) is 6.33 Å². The van der Waals surface area contributed by atoms with E-state index in [9.17, 15) is 0 Å². The first-order valence-electron chi connectivity index (χ1n) is 5.00. The minimum Gasteiger partial charge on any atom is -0.490 e. The van der Waals surface area contributed by atoms with E-state index >= 15 is 0 Å². The van der Waals surface area contributed by atoms with E-state index in [1.807, 2.05) is 19.0 Å². The molecule has 0 saturated carbocycles. The number of nitrogens with one attached hydrogen (secondary N) is 1. The molecule has 5 heteroatoms. The van der Waals surface area contributed by atoms with E-state index in [1.54, 1.807) is 7.11 Å². The highest BCUT2D eigenvalue weighted by Crippen LogP contribution is 2.30. The Morgan fingerprint density at radius 3 is 2.67 bits per heavy atom. The standard InChI is InChI=1S/C10H18N4O/c1-5-6-11-9-8(15-4)10(14(2)3)13-7-12-9/h7H,5-6H2,1-4H3,(H,11,12,13). The summed E-state index contributed by atoms with van der Waals surface area (Å²) >= 11 is 0. The number of hydrogen-bond donors (Lipinski definition) is 1. The summed E-state index contributed by atoms with van der Waals surface area (Å²) in [6, 6.07) is 0. The third-order valence-corrected chi connectivity index (χ3v) is 1.96. The molecule has 0 bridgehead atoms. The first-order chi connectivity index (χ1) is 7.20. The van der Waals surface area contributed by atoms with Gasteiger partial charge in [-0.05, 0) is 6.42 Å². The van der Waals surface area contributed by atoms with Crippen molar-refractivity contribution < 1.29 is 4.74 Å². The predicted octanol–water partition coefficient (Wildman–Crippen LogP) is 1.37. The zero-order chi connectivity index (χ0) is 11.3. The summed E-state index contributed by atoms with van der Waals surface area (Å²) in [6.45, 7) is 2.98. The van der Waals surface area contributed by atoms with Gasteiger partial charge in [-0.2, -0.15) is 0 Å². The number of methoxy groups -OCH3 is 1. The van der Waals surface area contributed by atoms with Crippen LogP contribution < -0.4 is 15.0 Å². The van der Waals surface area contributed by atoms with Crippen LogP contribution in [0.3, 0.4) is 0 Å². The van der Waals surface area contributed by atoms with Crippen molar-refractivity contribution in [3.05, 3.63) is 6.33 Å². The molecule has 1 N–H and O–H groups in total. The van der Waals surface area contributed by atoms with Gasteiger partial charge in [-0.25, -0.2) is 9.97 Å². The van der Waals surface area contributed by atoms with Crippen molar-refractivity contribution in [1.29, 1.82) is 0 Å². The Morgan fingerprint density at radius 2 is 2.13 bits per heavy atom. The molecule has 0 aliphatic carbocycles. The molecule has 84 valence electrons. The molecule has 0 spiro atoms. The maximum Gasteiger partial charge on any atom is 0.204 e. The van der Waals surface area contributed by atoms with Crippen LogP contribution in [0, 0.1) is 0 Å². The molecule has 15 heavy (non-hydrogen) atoms. The molecule has 1 rings (SSSR count). The molecule has 1 aromatic rings. The molecule has 1 heterocycles. The Kier molecular flexibility index (Phi) is 4.15. The molecule has 5 nitrogen and oxygen atoms in total. The molecule has 0 atom stereocenters. The van der Waals surface area contributed by atoms with E-state index in [4.69, 9.17) is 4.74 Å². The third kappa shape index (κ3) is 2.71. The van der Waals surface area contributed by atoms with E-state index in [0.717, 1.165) is 24.6 Å². The van der Waals surface area contributed by atoms with Crippen molar-refractivity contribution in [3.8, 4) is 5.75 Å². The van der Waals surface area contributed by atoms with E-state index in [-0.39, 0.29) is 0 Å². The van der Waals surface area contributed by atoms with Crippen molar-refractivity contribution in [1.82, 2.24) is 9.97 Å². The molecule has 0 radical (unpaired) electrons. The van der Waals surface area contributed by atoms with Crippen LogP contribution in [-0.4, -0.2) is 37.7 Å². The van der Waals surface area contributed by atoms with Crippen molar-refractivity contribution in [2.75, 3.05) is 38.0 Å². The average molecular weight is 210 g/mol. The van der Waals surface area contributed by atoms with Gasteiger partial charge in [0.2, 0.25) is 5.75 Å². The van der Waals surface area contributed by atoms with Gasteiger partial charge < -0.3 is 15.0 Å². The fourth-order valence-electron chi connectivity index (χ4n) is 1.24. The van der Waals surface area contributed by atoms with Crippen LogP contribution in [0.5, 0.6) is 5.75 Å². The number of rotatable bonds is 5. The number of ether oxygens (including phenoxy) is 1. The van der Waals surface area contributed by atoms with Crippen LogP contribution in [0.25, 0.3) is 0 Å². The second-order valence-corrected chi connectivity index (χ2v) is 3.40. The maximum absolute atomic E-state index is 5.31. The van der Waals surface area contributed by atoms with Crippen LogP contribution in [0.2, 0.25) is 0 Å². The van der Waals surface area contributed by atoms with Crippen molar-refractivity contribution in [2.45, 2.75) is 13.3 Å². The predicted molar refractivity (Wildman–Crippen MR) is 61.7 cm³/mol. The van der Waals surface area contributed by atoms with Crippen LogP contribution in [0.1, 0.15) is 13.3 Å². The van der Waals surface area contributed by atoms with Gasteiger partial charge in [-0.1, -0.05) is 6.92 Å². The SMILES string of the molecule is CCCNc1ncnc(N(C)C)c1OC. The lowest BCUT2D eigenvalue weighted by atomic mass is 10.4. The lowest BCUT2D eigenvalue weighted by Crippen LogP contribution is -2.14. The normalized spacial score (nSPS) is 9.87. The van der Waals surface area contributed by atoms with Gasteiger partial charge in [0, 0.05) is 20.6 Å². The Labute approximate surface area is 90.5 Å². The zero-order valence-corrected chi connectivity index (χ0v) is 9.74. The fourth-order valence-corrected chi connectivity index (χ4v) is 1.24. The summed E-state index contributed by atoms with van der Waals surface area (Å²) in [4.78, 5) is 10.2. The van der Waals surface area contributed by atoms with Gasteiger partial charge in [0.1, 0.15) is 6.33 Å². The summed E-state index contributed by atoms with van der Waals surface area (Å²) < 4.78 is 5.31. The highest BCUT2D eigenvalue weighted by atomic mass is 16.5. The van der Waals surface area contributed by atoms with E-state index < -0.39 is 0 Å². The minimum atomic E-state index is 0.691. The second kappa shape index (κ2) is 5.38. The first kappa shape index (κ1) is 11.6. The van der Waals surface area contributed by atoms with Crippen molar-refractivity contribution >= 4 is 11.6 Å². The molecule has 0 aliphatic rings. The van der Waals surface area contributed by atoms with Gasteiger partial charge >= 0.3 is 0 Å². The largest absolute Gasteiger partial charge is 0.490 e. The fraction of sp³-hybridized carbons (Fsp3) is 0.600. The second-order valence-electron chi connectivity index (χ2n) is 3.40. The van der Waals surface area contributed by atoms with Crippen molar-refractivity contribution in [2.24, 2.45) is 0 Å². The van der Waals surface area contributed by atoms with Gasteiger partial charge in [-0.15, -0.1) is 0 Å². The molecular formula is C10H18N4O. The first-order valence-corrected chi connectivity index (χ1v) is 5.00. The average Bonchev–Trinajstić information content (AvgIpc) is 2.25. The van der Waals surface area contributed by atoms with Crippen LogP contribution >= 0.6 is 0 Å². The molecule has 1 aromatic heterocycles. The lowest BCUT2D eigenvalue weighted by molar-refractivity contribution is 0.413. The summed E-state index contributed by atoms with van der Waals surface area (Å²) in [5.41, 5.74) is 0. The molecular weight excluding hydrogens is 192 g/mol. The van der Waals surface area contributed by atoms with E-state index in [1.165, 1.54) is 6.33 Å². The summed E-state index contributed by atoms with van der Waals surface area (Å²) in [5.74, 6) is 2.22. The number of anilines is 2. The molecule has 0 aliphatic heterocycles. The zero-order valence-electron chi connectivity index (χ0n) is 9.74. The highest BCUT2D eigenvalue weighted by Gasteiger charge is 2.12. The molecule has 0 saturated heterocycles. The number of hydrogen-bond acceptors (Lipinski definition) is 5. The van der Waals surface area contributed by atoms with Crippen LogP contribution in [0.4, 0.5) is 11.6 Å². The van der Waals surface area contributed by atoms with Gasteiger partial charge in [-0.3, -0.25) is 0 Å². The van der Waals surface area contributed by atoms with Gasteiger partial charge in [0.15, 0.2) is 11.6 Å². The monoisotopic (exact) mass is 210 g/mol. The quantitative estimate of drug-likeness (QED) is 0.795. The van der Waals surface area contributed by atoms with Crippen LogP contribution in [-0.2, 0) is 0 Å².